The van der Waals surface area contributed by atoms with E-state index in [4.69, 9.17) is 25.0 Å². The van der Waals surface area contributed by atoms with Crippen molar-refractivity contribution in [2.75, 3.05) is 39.5 Å². The molecule has 1 aromatic heterocycles. The molecule has 188 valence electrons. The number of benzene rings is 1. The minimum atomic E-state index is -0.0137. The molecule has 9 nitrogen and oxygen atoms in total. The predicted octanol–water partition coefficient (Wildman–Crippen LogP) is 2.89. The van der Waals surface area contributed by atoms with E-state index < -0.39 is 0 Å². The second-order valence-corrected chi connectivity index (χ2v) is 9.71. The first-order valence-corrected chi connectivity index (χ1v) is 12.7. The molecule has 9 heteroatoms. The molecule has 0 saturated carbocycles. The minimum Gasteiger partial charge on any atom is -0.491 e. The number of rotatable bonds is 7. The van der Waals surface area contributed by atoms with E-state index in [0.717, 1.165) is 74.9 Å². The molecule has 0 bridgehead atoms. The van der Waals surface area contributed by atoms with E-state index in [9.17, 15) is 0 Å². The van der Waals surface area contributed by atoms with E-state index >= 15 is 0 Å². The highest BCUT2D eigenvalue weighted by Crippen LogP contribution is 2.34. The maximum absolute atomic E-state index is 6.04. The quantitative estimate of drug-likeness (QED) is 0.483. The highest BCUT2D eigenvalue weighted by Gasteiger charge is 2.29. The van der Waals surface area contributed by atoms with Gasteiger partial charge in [0, 0.05) is 50.3 Å². The van der Waals surface area contributed by atoms with Crippen molar-refractivity contribution in [1.82, 2.24) is 14.7 Å². The summed E-state index contributed by atoms with van der Waals surface area (Å²) >= 11 is 0. The Morgan fingerprint density at radius 1 is 1.26 bits per heavy atom. The van der Waals surface area contributed by atoms with Gasteiger partial charge in [-0.25, -0.2) is 9.67 Å². The Balaban J connectivity index is 1.27. The molecule has 35 heavy (non-hydrogen) atoms. The second-order valence-electron chi connectivity index (χ2n) is 9.71. The Labute approximate surface area is 207 Å². The molecular weight excluding hydrogens is 444 g/mol. The maximum Gasteiger partial charge on any atom is 0.177 e. The SMILES string of the molecule is CC(C)N=C(N=CN)c1cc2n(n1)-c1cc(C3CN(CCOC4CCCCO4)C3)ccc1OCC2. The summed E-state index contributed by atoms with van der Waals surface area (Å²) in [7, 11) is 0. The summed E-state index contributed by atoms with van der Waals surface area (Å²) in [6, 6.07) is 8.63. The molecule has 4 heterocycles. The van der Waals surface area contributed by atoms with Gasteiger partial charge in [0.2, 0.25) is 0 Å². The zero-order valence-corrected chi connectivity index (χ0v) is 20.7. The van der Waals surface area contributed by atoms with Crippen LogP contribution in [0.25, 0.3) is 5.69 Å². The predicted molar refractivity (Wildman–Crippen MR) is 136 cm³/mol. The summed E-state index contributed by atoms with van der Waals surface area (Å²) in [6.45, 7) is 9.18. The fourth-order valence-corrected chi connectivity index (χ4v) is 4.86. The summed E-state index contributed by atoms with van der Waals surface area (Å²) < 4.78 is 19.6. The van der Waals surface area contributed by atoms with Gasteiger partial charge in [0.05, 0.1) is 19.6 Å². The fourth-order valence-electron chi connectivity index (χ4n) is 4.86. The van der Waals surface area contributed by atoms with Crippen LogP contribution in [0, 0.1) is 0 Å². The normalized spacial score (nSPS) is 21.5. The molecule has 1 unspecified atom stereocenters. The first kappa shape index (κ1) is 24.0. The summed E-state index contributed by atoms with van der Waals surface area (Å²) in [5, 5.41) is 4.87. The third-order valence-corrected chi connectivity index (χ3v) is 6.69. The van der Waals surface area contributed by atoms with Crippen LogP contribution in [-0.2, 0) is 15.9 Å². The molecule has 3 aliphatic heterocycles. The summed E-state index contributed by atoms with van der Waals surface area (Å²) in [4.78, 5) is 11.3. The van der Waals surface area contributed by atoms with E-state index in [0.29, 0.717) is 18.4 Å². The molecule has 1 atom stereocenters. The number of aromatic nitrogens is 2. The average molecular weight is 481 g/mol. The first-order valence-electron chi connectivity index (χ1n) is 12.7. The lowest BCUT2D eigenvalue weighted by Gasteiger charge is -2.40. The van der Waals surface area contributed by atoms with Crippen LogP contribution in [0.15, 0.2) is 34.3 Å². The van der Waals surface area contributed by atoms with Gasteiger partial charge in [0.15, 0.2) is 12.1 Å². The Morgan fingerprint density at radius 2 is 2.14 bits per heavy atom. The lowest BCUT2D eigenvalue weighted by Crippen LogP contribution is -2.46. The lowest BCUT2D eigenvalue weighted by atomic mass is 9.91. The van der Waals surface area contributed by atoms with Crippen LogP contribution in [-0.4, -0.2) is 78.6 Å². The van der Waals surface area contributed by atoms with Gasteiger partial charge in [-0.05, 0) is 56.9 Å². The Kier molecular flexibility index (Phi) is 7.46. The molecule has 0 aliphatic carbocycles. The van der Waals surface area contributed by atoms with Crippen LogP contribution >= 0.6 is 0 Å². The van der Waals surface area contributed by atoms with Crippen LogP contribution in [0.3, 0.4) is 0 Å². The highest BCUT2D eigenvalue weighted by atomic mass is 16.7. The summed E-state index contributed by atoms with van der Waals surface area (Å²) in [5.74, 6) is 1.90. The van der Waals surface area contributed by atoms with E-state index in [1.54, 1.807) is 0 Å². The Morgan fingerprint density at radius 3 is 2.91 bits per heavy atom. The molecule has 0 radical (unpaired) electrons. The van der Waals surface area contributed by atoms with Crippen LogP contribution in [0.4, 0.5) is 0 Å². The molecule has 0 amide bonds. The van der Waals surface area contributed by atoms with Crippen molar-refractivity contribution in [2.45, 2.75) is 57.8 Å². The van der Waals surface area contributed by atoms with Crippen LogP contribution < -0.4 is 10.5 Å². The zero-order valence-electron chi connectivity index (χ0n) is 20.7. The van der Waals surface area contributed by atoms with Crippen molar-refractivity contribution in [3.8, 4) is 11.4 Å². The summed E-state index contributed by atoms with van der Waals surface area (Å²) in [6.07, 6.45) is 5.39. The maximum atomic E-state index is 6.04. The van der Waals surface area contributed by atoms with E-state index in [1.165, 1.54) is 18.3 Å². The molecule has 2 saturated heterocycles. The molecule has 2 aromatic rings. The van der Waals surface area contributed by atoms with Gasteiger partial charge in [0.1, 0.15) is 17.1 Å². The molecule has 0 spiro atoms. The minimum absolute atomic E-state index is 0.0137. The molecule has 1 aromatic carbocycles. The van der Waals surface area contributed by atoms with Crippen molar-refractivity contribution < 1.29 is 14.2 Å². The van der Waals surface area contributed by atoms with Gasteiger partial charge in [0.25, 0.3) is 0 Å². The number of amidine groups is 1. The first-order chi connectivity index (χ1) is 17.1. The summed E-state index contributed by atoms with van der Waals surface area (Å²) in [5.41, 5.74) is 9.66. The van der Waals surface area contributed by atoms with Gasteiger partial charge in [-0.1, -0.05) is 6.07 Å². The lowest BCUT2D eigenvalue weighted by molar-refractivity contribution is -0.165. The van der Waals surface area contributed by atoms with Gasteiger partial charge in [-0.2, -0.15) is 5.10 Å². The van der Waals surface area contributed by atoms with Crippen molar-refractivity contribution >= 4 is 12.2 Å². The van der Waals surface area contributed by atoms with Gasteiger partial charge < -0.3 is 19.9 Å². The number of hydrogen-bond donors (Lipinski definition) is 1. The molecule has 5 rings (SSSR count). The number of aliphatic imine (C=N–C) groups is 2. The van der Waals surface area contributed by atoms with Gasteiger partial charge >= 0.3 is 0 Å². The average Bonchev–Trinajstić information content (AvgIpc) is 3.17. The number of ether oxygens (including phenoxy) is 3. The molecule has 2 N–H and O–H groups in total. The van der Waals surface area contributed by atoms with Crippen LogP contribution in [0.5, 0.6) is 5.75 Å². The number of fused-ring (bicyclic) bond motifs is 3. The molecular formula is C26H36N6O3. The van der Waals surface area contributed by atoms with Crippen molar-refractivity contribution in [3.05, 3.63) is 41.2 Å². The zero-order chi connectivity index (χ0) is 24.2. The monoisotopic (exact) mass is 480 g/mol. The molecule has 2 fully saturated rings. The van der Waals surface area contributed by atoms with Crippen LogP contribution in [0.1, 0.15) is 56.0 Å². The Hall–Kier alpha value is -2.75. The largest absolute Gasteiger partial charge is 0.491 e. The third-order valence-electron chi connectivity index (χ3n) is 6.69. The fraction of sp³-hybridized carbons (Fsp3) is 0.577. The number of hydrogen-bond acceptors (Lipinski definition) is 6. The standard InChI is InChI=1S/C26H36N6O3/c1-18(2)29-26(28-17-27)22-14-21-8-11-33-24-7-6-19(13-23(24)32(21)30-22)20-15-31(16-20)9-12-35-25-5-3-4-10-34-25/h6-7,13-14,17-18,20,25H,3-5,8-12,15-16H2,1-2H3,(H2,27,28,29). The Bertz CT molecular complexity index is 1070. The third kappa shape index (κ3) is 5.58. The van der Waals surface area contributed by atoms with Crippen molar-refractivity contribution in [1.29, 1.82) is 0 Å². The van der Waals surface area contributed by atoms with Gasteiger partial charge in [-0.15, -0.1) is 0 Å². The second kappa shape index (κ2) is 10.9. The van der Waals surface area contributed by atoms with Gasteiger partial charge in [-0.3, -0.25) is 9.89 Å². The number of likely N-dealkylation sites (tertiary alicyclic amines) is 1. The van der Waals surface area contributed by atoms with E-state index in [-0.39, 0.29) is 12.3 Å². The number of nitrogens with zero attached hydrogens (tertiary/aromatic N) is 5. The smallest absolute Gasteiger partial charge is 0.177 e. The van der Waals surface area contributed by atoms with E-state index in [1.807, 2.05) is 24.6 Å². The van der Waals surface area contributed by atoms with Crippen molar-refractivity contribution in [2.24, 2.45) is 15.7 Å². The highest BCUT2D eigenvalue weighted by molar-refractivity contribution is 6.01. The molecule has 3 aliphatic rings. The van der Waals surface area contributed by atoms with E-state index in [2.05, 4.69) is 33.1 Å². The van der Waals surface area contributed by atoms with Crippen molar-refractivity contribution in [3.63, 3.8) is 0 Å². The number of nitrogens with two attached hydrogens (primary N) is 1. The topological polar surface area (TPSA) is 99.5 Å². The van der Waals surface area contributed by atoms with Crippen LogP contribution in [0.2, 0.25) is 0 Å².